The summed E-state index contributed by atoms with van der Waals surface area (Å²) in [6.07, 6.45) is 5.82. The zero-order chi connectivity index (χ0) is 7.40. The molecule has 0 amide bonds. The monoisotopic (exact) mass is 153 g/mol. The molecule has 2 heteroatoms. The molecule has 1 heterocycles. The number of aryl methyl sites for hydroxylation is 1. The molecule has 0 unspecified atom stereocenters. The van der Waals surface area contributed by atoms with Crippen LogP contribution < -0.4 is 4.57 Å². The second-order valence-corrected chi connectivity index (χ2v) is 2.68. The molecule has 0 saturated carbocycles. The molecular weight excluding hydrogens is 142 g/mol. The average Bonchev–Trinajstić information content (AvgIpc) is 2.04. The summed E-state index contributed by atoms with van der Waals surface area (Å²) < 4.78 is 2.16. The quantitative estimate of drug-likeness (QED) is 0.463. The molecule has 0 fully saturated rings. The van der Waals surface area contributed by atoms with Crippen LogP contribution in [0.5, 0.6) is 0 Å². The lowest BCUT2D eigenvalue weighted by molar-refractivity contribution is -0.729. The first-order valence-electron chi connectivity index (χ1n) is 3.29. The van der Waals surface area contributed by atoms with Crippen molar-refractivity contribution in [3.8, 4) is 0 Å². The van der Waals surface area contributed by atoms with Crippen LogP contribution in [0.15, 0.2) is 29.4 Å². The Bertz CT molecular complexity index is 187. The van der Waals surface area contributed by atoms with Gasteiger partial charge in [-0.2, -0.15) is 4.57 Å². The van der Waals surface area contributed by atoms with Crippen molar-refractivity contribution < 1.29 is 4.57 Å². The van der Waals surface area contributed by atoms with Gasteiger partial charge in [-0.15, -0.1) is 0 Å². The Kier molecular flexibility index (Phi) is 2.75. The smallest absolute Gasteiger partial charge is 0.193 e. The van der Waals surface area contributed by atoms with E-state index in [4.69, 9.17) is 0 Å². The van der Waals surface area contributed by atoms with Crippen molar-refractivity contribution in [2.45, 2.75) is 18.5 Å². The van der Waals surface area contributed by atoms with Gasteiger partial charge in [-0.05, 0) is 13.0 Å². The van der Waals surface area contributed by atoms with E-state index >= 15 is 0 Å². The van der Waals surface area contributed by atoms with E-state index in [1.165, 1.54) is 16.8 Å². The fourth-order valence-corrected chi connectivity index (χ4v) is 1.38. The first-order chi connectivity index (χ1) is 4.88. The number of hydrogen-bond donors (Lipinski definition) is 0. The van der Waals surface area contributed by atoms with Crippen molar-refractivity contribution in [3.63, 3.8) is 0 Å². The molecule has 0 spiro atoms. The summed E-state index contributed by atoms with van der Waals surface area (Å²) in [5.74, 6) is 0. The van der Waals surface area contributed by atoms with Gasteiger partial charge in [-0.3, -0.25) is 0 Å². The molecule has 0 bridgehead atoms. The van der Waals surface area contributed by atoms with Crippen LogP contribution >= 0.6 is 11.8 Å². The minimum atomic E-state index is 1.01. The van der Waals surface area contributed by atoms with Crippen molar-refractivity contribution in [3.05, 3.63) is 30.7 Å². The Hall–Kier alpha value is -0.500. The maximum absolute atomic E-state index is 3.76. The molecule has 53 valence electrons. The Labute approximate surface area is 66.1 Å². The van der Waals surface area contributed by atoms with Gasteiger partial charge in [-0.1, -0.05) is 11.8 Å². The zero-order valence-electron chi connectivity index (χ0n) is 6.08. The van der Waals surface area contributed by atoms with Crippen LogP contribution in [-0.2, 0) is 6.54 Å². The predicted octanol–water partition coefficient (Wildman–Crippen LogP) is 1.88. The molecule has 1 rings (SSSR count). The van der Waals surface area contributed by atoms with Crippen molar-refractivity contribution in [1.82, 2.24) is 0 Å². The summed E-state index contributed by atoms with van der Waals surface area (Å²) in [6.45, 7) is 3.14. The number of aromatic nitrogens is 1. The van der Waals surface area contributed by atoms with Crippen LogP contribution in [0.25, 0.3) is 0 Å². The second kappa shape index (κ2) is 3.62. The van der Waals surface area contributed by atoms with Crippen molar-refractivity contribution >= 4 is 11.8 Å². The van der Waals surface area contributed by atoms with Gasteiger partial charge < -0.3 is 0 Å². The minimum Gasteiger partial charge on any atom is -0.193 e. The minimum absolute atomic E-state index is 1.01. The molecule has 0 aliphatic carbocycles. The molecule has 0 aliphatic rings. The van der Waals surface area contributed by atoms with Gasteiger partial charge >= 0.3 is 0 Å². The van der Waals surface area contributed by atoms with Crippen LogP contribution in [0, 0.1) is 6.26 Å². The molecule has 10 heavy (non-hydrogen) atoms. The normalized spacial score (nSPS) is 9.80. The molecule has 0 saturated heterocycles. The highest BCUT2D eigenvalue weighted by molar-refractivity contribution is 8.00. The van der Waals surface area contributed by atoms with Crippen molar-refractivity contribution in [2.24, 2.45) is 0 Å². The van der Waals surface area contributed by atoms with Crippen LogP contribution in [0.3, 0.4) is 0 Å². The molecule has 0 atom stereocenters. The van der Waals surface area contributed by atoms with Crippen LogP contribution in [0.2, 0.25) is 0 Å². The average molecular weight is 153 g/mol. The fourth-order valence-electron chi connectivity index (χ4n) is 0.853. The van der Waals surface area contributed by atoms with Crippen LogP contribution in [0.4, 0.5) is 0 Å². The highest BCUT2D eigenvalue weighted by Crippen LogP contribution is 2.08. The summed E-state index contributed by atoms with van der Waals surface area (Å²) in [4.78, 5) is 0. The van der Waals surface area contributed by atoms with E-state index in [0.29, 0.717) is 0 Å². The first kappa shape index (κ1) is 7.61. The van der Waals surface area contributed by atoms with E-state index in [1.807, 2.05) is 12.1 Å². The molecule has 1 radical (unpaired) electrons. The number of nitrogens with zero attached hydrogens (tertiary/aromatic N) is 1. The number of hydrogen-bond acceptors (Lipinski definition) is 1. The summed E-state index contributed by atoms with van der Waals surface area (Å²) in [6, 6.07) is 6.13. The van der Waals surface area contributed by atoms with E-state index in [-0.39, 0.29) is 0 Å². The highest BCUT2D eigenvalue weighted by Gasteiger charge is 2.02. The number of rotatable bonds is 2. The lowest BCUT2D eigenvalue weighted by Gasteiger charge is -1.95. The summed E-state index contributed by atoms with van der Waals surface area (Å²) in [5.41, 5.74) is 0. The van der Waals surface area contributed by atoms with Crippen LogP contribution in [-0.4, -0.2) is 0 Å². The highest BCUT2D eigenvalue weighted by atomic mass is 32.2. The first-order valence-corrected chi connectivity index (χ1v) is 4.27. The van der Waals surface area contributed by atoms with E-state index in [0.717, 1.165) is 6.54 Å². The fraction of sp³-hybridized carbons (Fsp3) is 0.250. The largest absolute Gasteiger partial charge is 0.240 e. The zero-order valence-corrected chi connectivity index (χ0v) is 6.90. The molecule has 1 aromatic heterocycles. The van der Waals surface area contributed by atoms with E-state index in [2.05, 4.69) is 30.0 Å². The Balaban J connectivity index is 2.96. The summed E-state index contributed by atoms with van der Waals surface area (Å²) >= 11 is 1.53. The van der Waals surface area contributed by atoms with Gasteiger partial charge in [0, 0.05) is 18.4 Å². The van der Waals surface area contributed by atoms with Gasteiger partial charge in [0.15, 0.2) is 6.20 Å². The topological polar surface area (TPSA) is 3.88 Å². The third-order valence-electron chi connectivity index (χ3n) is 1.39. The number of pyridine rings is 1. The third kappa shape index (κ3) is 1.51. The van der Waals surface area contributed by atoms with E-state index < -0.39 is 0 Å². The van der Waals surface area contributed by atoms with Gasteiger partial charge in [0.05, 0.1) is 0 Å². The SMILES string of the molecule is [CH2]Sc1cccc[n+]1CC. The lowest BCUT2D eigenvalue weighted by atomic mass is 10.5. The molecule has 0 aromatic carbocycles. The standard InChI is InChI=1S/C8H11NS/c1-3-9-7-5-4-6-8(9)10-2/h4-7H,2-3H2,1H3/q+1. The predicted molar refractivity (Wildman–Crippen MR) is 43.5 cm³/mol. The third-order valence-corrected chi connectivity index (χ3v) is 2.05. The molecule has 0 N–H and O–H groups in total. The van der Waals surface area contributed by atoms with Crippen molar-refractivity contribution in [2.75, 3.05) is 0 Å². The van der Waals surface area contributed by atoms with E-state index in [9.17, 15) is 0 Å². The Morgan fingerprint density at radius 3 is 2.90 bits per heavy atom. The lowest BCUT2D eigenvalue weighted by Crippen LogP contribution is -2.33. The van der Waals surface area contributed by atoms with E-state index in [1.54, 1.807) is 0 Å². The maximum atomic E-state index is 3.76. The van der Waals surface area contributed by atoms with Crippen molar-refractivity contribution in [1.29, 1.82) is 0 Å². The molecule has 1 aromatic rings. The van der Waals surface area contributed by atoms with Gasteiger partial charge in [0.25, 0.3) is 0 Å². The summed E-state index contributed by atoms with van der Waals surface area (Å²) in [5, 5.41) is 1.21. The molecule has 1 nitrogen and oxygen atoms in total. The molecular formula is C8H11NS+. The van der Waals surface area contributed by atoms with Crippen LogP contribution in [0.1, 0.15) is 6.92 Å². The maximum Gasteiger partial charge on any atom is 0.240 e. The Morgan fingerprint density at radius 1 is 1.60 bits per heavy atom. The molecule has 0 aliphatic heterocycles. The summed E-state index contributed by atoms with van der Waals surface area (Å²) in [7, 11) is 0. The van der Waals surface area contributed by atoms with Gasteiger partial charge in [-0.25, -0.2) is 0 Å². The number of thioether (sulfide) groups is 1. The van der Waals surface area contributed by atoms with Gasteiger partial charge in [0.2, 0.25) is 5.03 Å². The second-order valence-electron chi connectivity index (χ2n) is 1.97. The van der Waals surface area contributed by atoms with Gasteiger partial charge in [0.1, 0.15) is 6.54 Å². The Morgan fingerprint density at radius 2 is 2.40 bits per heavy atom.